The SMILES string of the molecule is O=C(N/N=C\c1cccc([N+](=O)[O-])c1)[C@H]1O[C@@H]2OC3(CCCCC3)O[C@@H]2[C@H]2OC3(CCCCC3)O[C@H]21. The van der Waals surface area contributed by atoms with E-state index in [1.807, 2.05) is 0 Å². The van der Waals surface area contributed by atoms with E-state index >= 15 is 0 Å². The van der Waals surface area contributed by atoms with Gasteiger partial charge in [-0.25, -0.2) is 5.43 Å². The van der Waals surface area contributed by atoms with E-state index < -0.39 is 53.1 Å². The van der Waals surface area contributed by atoms with Crippen LogP contribution in [0.5, 0.6) is 0 Å². The molecule has 194 valence electrons. The number of rotatable bonds is 4. The van der Waals surface area contributed by atoms with Crippen molar-refractivity contribution in [2.45, 2.75) is 106 Å². The lowest BCUT2D eigenvalue weighted by Gasteiger charge is -2.36. The van der Waals surface area contributed by atoms with E-state index in [0.29, 0.717) is 5.56 Å². The van der Waals surface area contributed by atoms with Gasteiger partial charge in [-0.15, -0.1) is 0 Å². The second-order valence-electron chi connectivity index (χ2n) is 10.3. The van der Waals surface area contributed by atoms with Crippen molar-refractivity contribution in [2.24, 2.45) is 5.10 Å². The maximum Gasteiger partial charge on any atom is 0.272 e. The molecular formula is C25H31N3O8. The second kappa shape index (κ2) is 9.46. The van der Waals surface area contributed by atoms with Crippen molar-refractivity contribution >= 4 is 17.8 Å². The molecule has 3 saturated heterocycles. The number of nitro groups is 1. The third-order valence-corrected chi connectivity index (χ3v) is 7.84. The van der Waals surface area contributed by atoms with E-state index in [-0.39, 0.29) is 5.69 Å². The molecule has 5 atom stereocenters. The number of non-ortho nitro benzene ring substituents is 1. The van der Waals surface area contributed by atoms with Gasteiger partial charge in [0.15, 0.2) is 24.0 Å². The third-order valence-electron chi connectivity index (χ3n) is 7.84. The summed E-state index contributed by atoms with van der Waals surface area (Å²) in [7, 11) is 0. The van der Waals surface area contributed by atoms with Gasteiger partial charge in [0.2, 0.25) is 0 Å². The van der Waals surface area contributed by atoms with Gasteiger partial charge in [-0.2, -0.15) is 5.10 Å². The maximum absolute atomic E-state index is 13.2. The first-order valence-corrected chi connectivity index (χ1v) is 12.9. The Morgan fingerprint density at radius 3 is 2.28 bits per heavy atom. The first-order valence-electron chi connectivity index (χ1n) is 12.9. The molecule has 0 radical (unpaired) electrons. The summed E-state index contributed by atoms with van der Waals surface area (Å²) in [4.78, 5) is 23.8. The number of carbonyl (C=O) groups is 1. The fourth-order valence-electron chi connectivity index (χ4n) is 6.12. The lowest BCUT2D eigenvalue weighted by Crippen LogP contribution is -2.59. The number of fused-ring (bicyclic) bond motifs is 3. The first-order chi connectivity index (χ1) is 17.5. The van der Waals surface area contributed by atoms with Crippen LogP contribution in [0.2, 0.25) is 0 Å². The van der Waals surface area contributed by atoms with Gasteiger partial charge in [-0.05, 0) is 25.7 Å². The minimum Gasteiger partial charge on any atom is -0.341 e. The number of nitrogens with zero attached hydrogens (tertiary/aromatic N) is 2. The number of hydrogen-bond acceptors (Lipinski definition) is 9. The van der Waals surface area contributed by atoms with Crippen molar-refractivity contribution in [1.82, 2.24) is 5.43 Å². The van der Waals surface area contributed by atoms with Crippen molar-refractivity contribution in [3.63, 3.8) is 0 Å². The summed E-state index contributed by atoms with van der Waals surface area (Å²) in [6, 6.07) is 5.99. The van der Waals surface area contributed by atoms with E-state index in [1.54, 1.807) is 12.1 Å². The summed E-state index contributed by atoms with van der Waals surface area (Å²) in [6.07, 6.45) is 7.44. The average Bonchev–Trinajstić information content (AvgIpc) is 3.42. The van der Waals surface area contributed by atoms with Crippen molar-refractivity contribution in [3.8, 4) is 0 Å². The smallest absolute Gasteiger partial charge is 0.272 e. The van der Waals surface area contributed by atoms with Crippen LogP contribution in [-0.2, 0) is 28.5 Å². The zero-order valence-electron chi connectivity index (χ0n) is 20.0. The monoisotopic (exact) mass is 501 g/mol. The van der Waals surface area contributed by atoms with Crippen LogP contribution in [-0.4, -0.2) is 59.3 Å². The van der Waals surface area contributed by atoms with Gasteiger partial charge in [0.1, 0.15) is 18.3 Å². The van der Waals surface area contributed by atoms with Gasteiger partial charge in [-0.1, -0.05) is 25.0 Å². The Morgan fingerprint density at radius 1 is 0.944 bits per heavy atom. The minimum absolute atomic E-state index is 0.0564. The van der Waals surface area contributed by atoms with Crippen LogP contribution in [0.3, 0.4) is 0 Å². The molecule has 1 aromatic carbocycles. The van der Waals surface area contributed by atoms with E-state index in [2.05, 4.69) is 10.5 Å². The molecule has 1 amide bonds. The lowest BCUT2D eigenvalue weighted by atomic mass is 9.94. The number of carbonyl (C=O) groups excluding carboxylic acids is 1. The van der Waals surface area contributed by atoms with Crippen LogP contribution in [0.15, 0.2) is 29.4 Å². The van der Waals surface area contributed by atoms with Gasteiger partial charge in [0.25, 0.3) is 11.6 Å². The molecule has 1 N–H and O–H groups in total. The number of nitrogens with one attached hydrogen (secondary N) is 1. The Hall–Kier alpha value is -2.44. The highest BCUT2D eigenvalue weighted by molar-refractivity contribution is 5.85. The molecule has 11 nitrogen and oxygen atoms in total. The second-order valence-corrected chi connectivity index (χ2v) is 10.3. The van der Waals surface area contributed by atoms with Crippen LogP contribution in [0.4, 0.5) is 5.69 Å². The molecule has 2 spiro atoms. The fraction of sp³-hybridized carbons (Fsp3) is 0.680. The Balaban J connectivity index is 1.20. The van der Waals surface area contributed by atoms with Crippen molar-refractivity contribution in [1.29, 1.82) is 0 Å². The van der Waals surface area contributed by atoms with Crippen LogP contribution in [0.1, 0.15) is 69.8 Å². The highest BCUT2D eigenvalue weighted by Gasteiger charge is 2.65. The summed E-state index contributed by atoms with van der Waals surface area (Å²) in [5, 5.41) is 15.0. The molecule has 2 saturated carbocycles. The van der Waals surface area contributed by atoms with Gasteiger partial charge in [0, 0.05) is 43.4 Å². The Morgan fingerprint density at radius 2 is 1.58 bits per heavy atom. The average molecular weight is 502 g/mol. The summed E-state index contributed by atoms with van der Waals surface area (Å²) < 4.78 is 31.9. The zero-order valence-corrected chi connectivity index (χ0v) is 20.0. The lowest BCUT2D eigenvalue weighted by molar-refractivity contribution is -0.384. The molecule has 1 aromatic rings. The minimum atomic E-state index is -0.998. The van der Waals surface area contributed by atoms with Gasteiger partial charge >= 0.3 is 0 Å². The van der Waals surface area contributed by atoms with E-state index in [9.17, 15) is 14.9 Å². The first kappa shape index (κ1) is 23.9. The predicted molar refractivity (Wildman–Crippen MR) is 125 cm³/mol. The Labute approximate surface area is 208 Å². The topological polar surface area (TPSA) is 131 Å². The zero-order chi connectivity index (χ0) is 24.8. The van der Waals surface area contributed by atoms with Crippen LogP contribution in [0, 0.1) is 10.1 Å². The molecule has 6 rings (SSSR count). The number of benzene rings is 1. The van der Waals surface area contributed by atoms with Crippen LogP contribution >= 0.6 is 0 Å². The van der Waals surface area contributed by atoms with Crippen LogP contribution < -0.4 is 5.43 Å². The molecule has 5 aliphatic rings. The number of ether oxygens (including phenoxy) is 5. The summed E-state index contributed by atoms with van der Waals surface area (Å²) in [5.41, 5.74) is 2.94. The van der Waals surface area contributed by atoms with E-state index in [4.69, 9.17) is 23.7 Å². The summed E-state index contributed by atoms with van der Waals surface area (Å²) in [6.45, 7) is 0. The molecule has 2 aliphatic carbocycles. The van der Waals surface area contributed by atoms with Gasteiger partial charge in [0.05, 0.1) is 11.1 Å². The highest BCUT2D eigenvalue weighted by atomic mass is 16.9. The summed E-state index contributed by atoms with van der Waals surface area (Å²) >= 11 is 0. The van der Waals surface area contributed by atoms with Crippen molar-refractivity contribution in [2.75, 3.05) is 0 Å². The Kier molecular flexibility index (Phi) is 6.29. The molecule has 5 fully saturated rings. The third kappa shape index (κ3) is 4.43. The number of nitro benzene ring substituents is 1. The predicted octanol–water partition coefficient (Wildman–Crippen LogP) is 3.29. The fourth-order valence-corrected chi connectivity index (χ4v) is 6.12. The summed E-state index contributed by atoms with van der Waals surface area (Å²) in [5.74, 6) is -1.92. The Bertz CT molecular complexity index is 1040. The molecule has 3 aliphatic heterocycles. The number of hydrogen-bond donors (Lipinski definition) is 1. The van der Waals surface area contributed by atoms with E-state index in [1.165, 1.54) is 18.3 Å². The largest absolute Gasteiger partial charge is 0.341 e. The number of amides is 1. The standard InChI is InChI=1S/C25H31N3O8/c29-22(27-26-15-16-8-7-9-17(14-16)28(30)31)20-18-19(34-24(33-18)10-3-1-4-11-24)21-23(32-20)36-25(35-21)12-5-2-6-13-25/h7-9,14-15,18-21,23H,1-6,10-13H2,(H,27,29)/b26-15-/t18-,19+,20+,21-,23-/m1/s1. The molecular weight excluding hydrogens is 470 g/mol. The molecule has 0 bridgehead atoms. The quantitative estimate of drug-likeness (QED) is 0.378. The van der Waals surface area contributed by atoms with Gasteiger partial charge in [-0.3, -0.25) is 14.9 Å². The normalized spacial score (nSPS) is 34.5. The highest BCUT2D eigenvalue weighted by Crippen LogP contribution is 2.50. The number of hydrazone groups is 1. The van der Waals surface area contributed by atoms with Crippen LogP contribution in [0.25, 0.3) is 0 Å². The van der Waals surface area contributed by atoms with Gasteiger partial charge < -0.3 is 23.7 Å². The molecule has 0 unspecified atom stereocenters. The molecule has 36 heavy (non-hydrogen) atoms. The molecule has 11 heteroatoms. The maximum atomic E-state index is 13.2. The van der Waals surface area contributed by atoms with Crippen molar-refractivity contribution < 1.29 is 33.4 Å². The van der Waals surface area contributed by atoms with E-state index in [0.717, 1.165) is 64.2 Å². The van der Waals surface area contributed by atoms with Crippen molar-refractivity contribution in [3.05, 3.63) is 39.9 Å². The molecule has 0 aromatic heterocycles. The molecule has 3 heterocycles.